The number of aromatic nitrogens is 2. The molecule has 4 heterocycles. The van der Waals surface area contributed by atoms with Gasteiger partial charge in [0.1, 0.15) is 5.82 Å². The maximum Gasteiger partial charge on any atom is 0.256 e. The lowest BCUT2D eigenvalue weighted by molar-refractivity contribution is -0.146. The smallest absolute Gasteiger partial charge is 0.256 e. The highest BCUT2D eigenvalue weighted by molar-refractivity contribution is 5.83. The molecule has 1 fully saturated rings. The third kappa shape index (κ3) is 3.13. The van der Waals surface area contributed by atoms with Crippen molar-refractivity contribution in [2.45, 2.75) is 44.4 Å². The van der Waals surface area contributed by atoms with Crippen LogP contribution in [0.3, 0.4) is 0 Å². The Hall–Kier alpha value is -2.31. The van der Waals surface area contributed by atoms with Crippen LogP contribution in [0, 0.1) is 0 Å². The standard InChI is InChI=1S/C21H24N4O2/c26-21(19-16-5-2-1-4-14(16)8-11-27-19)25-10-7-17-15(13-25)12-23-20(24-17)18-6-3-9-22-18/h1-2,4-5,12,18-19,22H,3,6-11,13H2/t18-,19+/m1/s1. The van der Waals surface area contributed by atoms with Gasteiger partial charge >= 0.3 is 0 Å². The Kier molecular flexibility index (Phi) is 4.38. The van der Waals surface area contributed by atoms with E-state index in [1.165, 1.54) is 12.0 Å². The summed E-state index contributed by atoms with van der Waals surface area (Å²) in [6.45, 7) is 2.88. The van der Waals surface area contributed by atoms with Gasteiger partial charge in [0.2, 0.25) is 0 Å². The van der Waals surface area contributed by atoms with Crippen molar-refractivity contribution >= 4 is 5.91 Å². The van der Waals surface area contributed by atoms with E-state index in [2.05, 4.69) is 16.4 Å². The molecule has 140 valence electrons. The van der Waals surface area contributed by atoms with Gasteiger partial charge in [0, 0.05) is 31.3 Å². The second kappa shape index (κ2) is 7.02. The third-order valence-corrected chi connectivity index (χ3v) is 5.85. The Labute approximate surface area is 159 Å². The molecule has 27 heavy (non-hydrogen) atoms. The van der Waals surface area contributed by atoms with Crippen molar-refractivity contribution < 1.29 is 9.53 Å². The van der Waals surface area contributed by atoms with E-state index in [-0.39, 0.29) is 11.9 Å². The minimum absolute atomic E-state index is 0.0503. The summed E-state index contributed by atoms with van der Waals surface area (Å²) in [7, 11) is 0. The number of benzene rings is 1. The van der Waals surface area contributed by atoms with Crippen molar-refractivity contribution in [2.75, 3.05) is 19.7 Å². The van der Waals surface area contributed by atoms with E-state index < -0.39 is 6.10 Å². The number of ether oxygens (including phenoxy) is 1. The number of hydrogen-bond acceptors (Lipinski definition) is 5. The molecule has 1 aromatic heterocycles. The van der Waals surface area contributed by atoms with Crippen molar-refractivity contribution in [3.63, 3.8) is 0 Å². The van der Waals surface area contributed by atoms with Crippen LogP contribution >= 0.6 is 0 Å². The summed E-state index contributed by atoms with van der Waals surface area (Å²) in [6, 6.07) is 8.39. The highest BCUT2D eigenvalue weighted by Crippen LogP contribution is 2.30. The first-order valence-corrected chi connectivity index (χ1v) is 9.86. The Morgan fingerprint density at radius 1 is 1.22 bits per heavy atom. The van der Waals surface area contributed by atoms with Gasteiger partial charge in [-0.25, -0.2) is 9.97 Å². The molecule has 3 aliphatic rings. The summed E-state index contributed by atoms with van der Waals surface area (Å²) in [4.78, 5) is 24.4. The number of carbonyl (C=O) groups is 1. The highest BCUT2D eigenvalue weighted by atomic mass is 16.5. The maximum atomic E-state index is 13.2. The van der Waals surface area contributed by atoms with Crippen LogP contribution in [0.25, 0.3) is 0 Å². The largest absolute Gasteiger partial charge is 0.363 e. The lowest BCUT2D eigenvalue weighted by atomic mass is 9.96. The summed E-state index contributed by atoms with van der Waals surface area (Å²) in [6.07, 6.45) is 5.34. The zero-order valence-electron chi connectivity index (χ0n) is 15.4. The molecular formula is C21H24N4O2. The van der Waals surface area contributed by atoms with Gasteiger partial charge < -0.3 is 15.0 Å². The predicted octanol–water partition coefficient (Wildman–Crippen LogP) is 2.10. The highest BCUT2D eigenvalue weighted by Gasteiger charge is 2.33. The zero-order chi connectivity index (χ0) is 18.2. The first kappa shape index (κ1) is 16.8. The average molecular weight is 364 g/mol. The van der Waals surface area contributed by atoms with Gasteiger partial charge in [0.25, 0.3) is 5.91 Å². The summed E-state index contributed by atoms with van der Waals surface area (Å²) in [5.41, 5.74) is 4.37. The van der Waals surface area contributed by atoms with Crippen LogP contribution in [-0.2, 0) is 28.9 Å². The van der Waals surface area contributed by atoms with Gasteiger partial charge in [-0.3, -0.25) is 4.79 Å². The summed E-state index contributed by atoms with van der Waals surface area (Å²) < 4.78 is 5.86. The van der Waals surface area contributed by atoms with Gasteiger partial charge in [-0.2, -0.15) is 0 Å². The van der Waals surface area contributed by atoms with E-state index in [0.717, 1.165) is 48.5 Å². The summed E-state index contributed by atoms with van der Waals surface area (Å²) in [5.74, 6) is 0.949. The van der Waals surface area contributed by atoms with Gasteiger partial charge in [0.15, 0.2) is 6.10 Å². The SMILES string of the molecule is O=C([C@H]1OCCc2ccccc21)N1CCc2nc([C@H]3CCCN3)ncc2C1. The molecule has 0 spiro atoms. The summed E-state index contributed by atoms with van der Waals surface area (Å²) in [5, 5.41) is 3.45. The van der Waals surface area contributed by atoms with E-state index in [1.54, 1.807) is 0 Å². The van der Waals surface area contributed by atoms with Crippen LogP contribution in [0.15, 0.2) is 30.5 Å². The molecular weight excluding hydrogens is 340 g/mol. The molecule has 0 bridgehead atoms. The molecule has 2 atom stereocenters. The molecule has 1 amide bonds. The normalized spacial score (nSPS) is 24.4. The molecule has 1 N–H and O–H groups in total. The van der Waals surface area contributed by atoms with Crippen LogP contribution in [-0.4, -0.2) is 40.5 Å². The molecule has 5 rings (SSSR count). The van der Waals surface area contributed by atoms with Crippen LogP contribution in [0.5, 0.6) is 0 Å². The quantitative estimate of drug-likeness (QED) is 0.884. The first-order valence-electron chi connectivity index (χ1n) is 9.86. The number of carbonyl (C=O) groups excluding carboxylic acids is 1. The molecule has 1 saturated heterocycles. The number of hydrogen-bond donors (Lipinski definition) is 1. The van der Waals surface area contributed by atoms with Gasteiger partial charge in [0.05, 0.1) is 18.3 Å². The van der Waals surface area contributed by atoms with Gasteiger partial charge in [-0.15, -0.1) is 0 Å². The fourth-order valence-electron chi connectivity index (χ4n) is 4.36. The fourth-order valence-corrected chi connectivity index (χ4v) is 4.36. The Balaban J connectivity index is 1.34. The minimum Gasteiger partial charge on any atom is -0.363 e. The monoisotopic (exact) mass is 364 g/mol. The van der Waals surface area contributed by atoms with Crippen LogP contribution < -0.4 is 5.32 Å². The average Bonchev–Trinajstić information content (AvgIpc) is 3.27. The van der Waals surface area contributed by atoms with Crippen molar-refractivity contribution in [1.82, 2.24) is 20.2 Å². The van der Waals surface area contributed by atoms with Crippen molar-refractivity contribution in [2.24, 2.45) is 0 Å². The Morgan fingerprint density at radius 3 is 3.04 bits per heavy atom. The number of fused-ring (bicyclic) bond motifs is 2. The Bertz CT molecular complexity index is 863. The molecule has 6 nitrogen and oxygen atoms in total. The molecule has 6 heteroatoms. The predicted molar refractivity (Wildman–Crippen MR) is 100.0 cm³/mol. The van der Waals surface area contributed by atoms with E-state index in [1.807, 2.05) is 29.3 Å². The third-order valence-electron chi connectivity index (χ3n) is 5.85. The molecule has 1 aromatic carbocycles. The van der Waals surface area contributed by atoms with E-state index in [4.69, 9.17) is 9.72 Å². The fraction of sp³-hybridized carbons (Fsp3) is 0.476. The van der Waals surface area contributed by atoms with Gasteiger partial charge in [-0.05, 0) is 36.9 Å². The van der Waals surface area contributed by atoms with Crippen LogP contribution in [0.2, 0.25) is 0 Å². The second-order valence-corrected chi connectivity index (χ2v) is 7.56. The van der Waals surface area contributed by atoms with Crippen LogP contribution in [0.4, 0.5) is 0 Å². The molecule has 0 saturated carbocycles. The Morgan fingerprint density at radius 2 is 2.15 bits per heavy atom. The van der Waals surface area contributed by atoms with E-state index in [0.29, 0.717) is 19.7 Å². The number of amides is 1. The zero-order valence-corrected chi connectivity index (χ0v) is 15.4. The second-order valence-electron chi connectivity index (χ2n) is 7.56. The summed E-state index contributed by atoms with van der Waals surface area (Å²) >= 11 is 0. The van der Waals surface area contributed by atoms with Gasteiger partial charge in [-0.1, -0.05) is 24.3 Å². The number of rotatable bonds is 2. The van der Waals surface area contributed by atoms with Crippen molar-refractivity contribution in [3.05, 3.63) is 58.7 Å². The molecule has 0 radical (unpaired) electrons. The minimum atomic E-state index is -0.487. The van der Waals surface area contributed by atoms with E-state index >= 15 is 0 Å². The lowest BCUT2D eigenvalue weighted by Crippen LogP contribution is -2.41. The molecule has 2 aromatic rings. The van der Waals surface area contributed by atoms with E-state index in [9.17, 15) is 4.79 Å². The lowest BCUT2D eigenvalue weighted by Gasteiger charge is -2.33. The van der Waals surface area contributed by atoms with Crippen LogP contribution in [0.1, 0.15) is 53.2 Å². The number of nitrogens with one attached hydrogen (secondary N) is 1. The van der Waals surface area contributed by atoms with Crippen molar-refractivity contribution in [1.29, 1.82) is 0 Å². The van der Waals surface area contributed by atoms with Crippen molar-refractivity contribution in [3.8, 4) is 0 Å². The number of nitrogens with zero attached hydrogens (tertiary/aromatic N) is 3. The maximum absolute atomic E-state index is 13.2. The first-order chi connectivity index (χ1) is 13.3. The molecule has 0 aliphatic carbocycles. The topological polar surface area (TPSA) is 67.3 Å². The molecule has 0 unspecified atom stereocenters. The molecule has 3 aliphatic heterocycles.